The van der Waals surface area contributed by atoms with E-state index in [9.17, 15) is 13.2 Å². The number of sulfonamides is 1. The highest BCUT2D eigenvalue weighted by molar-refractivity contribution is 9.10. The number of aromatic carboxylic acids is 1. The van der Waals surface area contributed by atoms with E-state index in [0.29, 0.717) is 23.1 Å². The van der Waals surface area contributed by atoms with Crippen LogP contribution in [0, 0.1) is 6.92 Å². The smallest absolute Gasteiger partial charge is 0.335 e. The van der Waals surface area contributed by atoms with E-state index >= 15 is 0 Å². The standard InChI is InChI=1S/C12H17BrN2O4S/c1-8-10(13)6-9(12(16)17)7-11(8)20(18,19)15(3)5-4-14-2/h6-7,14H,4-5H2,1-3H3,(H,16,17). The number of benzene rings is 1. The van der Waals surface area contributed by atoms with Gasteiger partial charge in [-0.25, -0.2) is 13.2 Å². The minimum Gasteiger partial charge on any atom is -0.478 e. The molecule has 0 spiro atoms. The van der Waals surface area contributed by atoms with Crippen molar-refractivity contribution in [3.63, 3.8) is 0 Å². The molecule has 1 aromatic rings. The largest absolute Gasteiger partial charge is 0.478 e. The maximum atomic E-state index is 12.5. The molecule has 6 nitrogen and oxygen atoms in total. The van der Waals surface area contributed by atoms with Gasteiger partial charge in [-0.15, -0.1) is 0 Å². The average Bonchev–Trinajstić information content (AvgIpc) is 2.38. The fraction of sp³-hybridized carbons (Fsp3) is 0.417. The van der Waals surface area contributed by atoms with Gasteiger partial charge in [0.1, 0.15) is 0 Å². The Morgan fingerprint density at radius 1 is 1.45 bits per heavy atom. The summed E-state index contributed by atoms with van der Waals surface area (Å²) in [5.41, 5.74) is 0.425. The number of hydrogen-bond donors (Lipinski definition) is 2. The van der Waals surface area contributed by atoms with E-state index in [0.717, 1.165) is 0 Å². The Labute approximate surface area is 127 Å². The number of nitrogens with one attached hydrogen (secondary N) is 1. The molecule has 8 heteroatoms. The molecule has 0 unspecified atom stereocenters. The Bertz CT molecular complexity index is 616. The number of rotatable bonds is 6. The van der Waals surface area contributed by atoms with Crippen molar-refractivity contribution >= 4 is 31.9 Å². The Morgan fingerprint density at radius 2 is 2.05 bits per heavy atom. The molecule has 0 saturated carbocycles. The average molecular weight is 365 g/mol. The summed E-state index contributed by atoms with van der Waals surface area (Å²) in [5.74, 6) is -1.17. The van der Waals surface area contributed by atoms with Crippen molar-refractivity contribution in [2.75, 3.05) is 27.2 Å². The van der Waals surface area contributed by atoms with Crippen LogP contribution in [-0.4, -0.2) is 51.0 Å². The normalized spacial score (nSPS) is 11.8. The maximum Gasteiger partial charge on any atom is 0.335 e. The van der Waals surface area contributed by atoms with E-state index in [4.69, 9.17) is 5.11 Å². The zero-order chi connectivity index (χ0) is 15.5. The second kappa shape index (κ2) is 6.66. The van der Waals surface area contributed by atoms with Crippen molar-refractivity contribution in [1.29, 1.82) is 0 Å². The van der Waals surface area contributed by atoms with Crippen molar-refractivity contribution in [1.82, 2.24) is 9.62 Å². The Morgan fingerprint density at radius 3 is 2.55 bits per heavy atom. The van der Waals surface area contributed by atoms with E-state index in [1.54, 1.807) is 14.0 Å². The first-order valence-electron chi connectivity index (χ1n) is 5.86. The van der Waals surface area contributed by atoms with Crippen molar-refractivity contribution in [2.45, 2.75) is 11.8 Å². The molecule has 2 N–H and O–H groups in total. The van der Waals surface area contributed by atoms with Crippen molar-refractivity contribution < 1.29 is 18.3 Å². The van der Waals surface area contributed by atoms with Gasteiger partial charge in [0.15, 0.2) is 0 Å². The highest BCUT2D eigenvalue weighted by Gasteiger charge is 2.25. The van der Waals surface area contributed by atoms with Crippen LogP contribution in [0.15, 0.2) is 21.5 Å². The molecule has 0 heterocycles. The first-order valence-corrected chi connectivity index (χ1v) is 8.09. The van der Waals surface area contributed by atoms with Crippen LogP contribution in [0.4, 0.5) is 0 Å². The van der Waals surface area contributed by atoms with Crippen molar-refractivity contribution in [3.05, 3.63) is 27.7 Å². The fourth-order valence-electron chi connectivity index (χ4n) is 1.60. The molecule has 1 aromatic carbocycles. The second-order valence-corrected chi connectivity index (χ2v) is 7.18. The molecule has 0 atom stereocenters. The number of likely N-dealkylation sites (N-methyl/N-ethyl adjacent to an activating group) is 2. The Kier molecular flexibility index (Phi) is 5.69. The predicted octanol–water partition coefficient (Wildman–Crippen LogP) is 1.30. The number of halogens is 1. The molecule has 0 fully saturated rings. The van der Waals surface area contributed by atoms with Gasteiger partial charge in [-0.05, 0) is 31.7 Å². The van der Waals surface area contributed by atoms with Crippen LogP contribution in [0.2, 0.25) is 0 Å². The highest BCUT2D eigenvalue weighted by atomic mass is 79.9. The highest BCUT2D eigenvalue weighted by Crippen LogP contribution is 2.27. The number of carbonyl (C=O) groups is 1. The Balaban J connectivity index is 3.34. The van der Waals surface area contributed by atoms with Gasteiger partial charge in [0, 0.05) is 24.6 Å². The molecular weight excluding hydrogens is 348 g/mol. The molecule has 0 amide bonds. The van der Waals surface area contributed by atoms with Crippen molar-refractivity contribution in [3.8, 4) is 0 Å². The van der Waals surface area contributed by atoms with Crippen LogP contribution in [0.5, 0.6) is 0 Å². The lowest BCUT2D eigenvalue weighted by molar-refractivity contribution is 0.0696. The number of hydrogen-bond acceptors (Lipinski definition) is 4. The lowest BCUT2D eigenvalue weighted by Crippen LogP contribution is -2.33. The first kappa shape index (κ1) is 17.1. The fourth-order valence-corrected chi connectivity index (χ4v) is 3.63. The summed E-state index contributed by atoms with van der Waals surface area (Å²) in [6.45, 7) is 2.44. The third kappa shape index (κ3) is 3.57. The third-order valence-electron chi connectivity index (χ3n) is 2.91. The molecule has 0 aromatic heterocycles. The predicted molar refractivity (Wildman–Crippen MR) is 79.6 cm³/mol. The van der Waals surface area contributed by atoms with Crippen LogP contribution in [0.25, 0.3) is 0 Å². The van der Waals surface area contributed by atoms with Crippen LogP contribution < -0.4 is 5.32 Å². The number of carboxylic acids is 1. The molecule has 0 bridgehead atoms. The van der Waals surface area contributed by atoms with Crippen LogP contribution in [0.3, 0.4) is 0 Å². The molecular formula is C12H17BrN2O4S. The summed E-state index contributed by atoms with van der Waals surface area (Å²) >= 11 is 3.20. The third-order valence-corrected chi connectivity index (χ3v) is 5.72. The van der Waals surface area contributed by atoms with Gasteiger partial charge in [0.25, 0.3) is 0 Å². The maximum absolute atomic E-state index is 12.5. The zero-order valence-corrected chi connectivity index (χ0v) is 13.9. The van der Waals surface area contributed by atoms with Crippen LogP contribution in [0.1, 0.15) is 15.9 Å². The van der Waals surface area contributed by atoms with Crippen LogP contribution >= 0.6 is 15.9 Å². The quantitative estimate of drug-likeness (QED) is 0.794. The van der Waals surface area contributed by atoms with Crippen molar-refractivity contribution in [2.24, 2.45) is 0 Å². The molecule has 1 rings (SSSR count). The summed E-state index contributed by atoms with van der Waals surface area (Å²) in [4.78, 5) is 11.0. The van der Waals surface area contributed by atoms with Gasteiger partial charge in [0.2, 0.25) is 10.0 Å². The monoisotopic (exact) mass is 364 g/mol. The van der Waals surface area contributed by atoms with Crippen LogP contribution in [-0.2, 0) is 10.0 Å². The van der Waals surface area contributed by atoms with Gasteiger partial charge in [-0.3, -0.25) is 0 Å². The summed E-state index contributed by atoms with van der Waals surface area (Å²) in [7, 11) is -0.525. The summed E-state index contributed by atoms with van der Waals surface area (Å²) in [5, 5.41) is 11.9. The summed E-state index contributed by atoms with van der Waals surface area (Å²) < 4.78 is 26.6. The molecule has 0 aliphatic carbocycles. The zero-order valence-electron chi connectivity index (χ0n) is 11.5. The van der Waals surface area contributed by atoms with E-state index < -0.39 is 16.0 Å². The van der Waals surface area contributed by atoms with Gasteiger partial charge >= 0.3 is 5.97 Å². The lowest BCUT2D eigenvalue weighted by Gasteiger charge is -2.19. The minimum absolute atomic E-state index is 0.00266. The Hall–Kier alpha value is -0.960. The number of nitrogens with zero attached hydrogens (tertiary/aromatic N) is 1. The topological polar surface area (TPSA) is 86.7 Å². The first-order chi connectivity index (χ1) is 9.21. The minimum atomic E-state index is -3.72. The van der Waals surface area contributed by atoms with E-state index in [-0.39, 0.29) is 10.5 Å². The second-order valence-electron chi connectivity index (χ2n) is 4.32. The van der Waals surface area contributed by atoms with Gasteiger partial charge in [-0.1, -0.05) is 15.9 Å². The van der Waals surface area contributed by atoms with E-state index in [2.05, 4.69) is 21.2 Å². The van der Waals surface area contributed by atoms with Gasteiger partial charge in [0.05, 0.1) is 10.5 Å². The van der Waals surface area contributed by atoms with E-state index in [1.165, 1.54) is 23.5 Å². The molecule has 20 heavy (non-hydrogen) atoms. The number of carboxylic acid groups (broad SMARTS) is 1. The molecule has 0 aliphatic heterocycles. The SMILES string of the molecule is CNCCN(C)S(=O)(=O)c1cc(C(=O)O)cc(Br)c1C. The lowest BCUT2D eigenvalue weighted by atomic mass is 10.1. The van der Waals surface area contributed by atoms with E-state index in [1.807, 2.05) is 0 Å². The van der Waals surface area contributed by atoms with Gasteiger partial charge in [-0.2, -0.15) is 4.31 Å². The van der Waals surface area contributed by atoms with Gasteiger partial charge < -0.3 is 10.4 Å². The summed E-state index contributed by atoms with van der Waals surface area (Å²) in [6.07, 6.45) is 0. The summed E-state index contributed by atoms with van der Waals surface area (Å²) in [6, 6.07) is 2.58. The molecule has 0 radical (unpaired) electrons. The molecule has 0 aliphatic rings. The molecule has 0 saturated heterocycles. The molecule has 112 valence electrons.